The highest BCUT2D eigenvalue weighted by atomic mass is 32.2. The summed E-state index contributed by atoms with van der Waals surface area (Å²) in [5, 5.41) is 10.7. The maximum absolute atomic E-state index is 11.9. The van der Waals surface area contributed by atoms with E-state index in [9.17, 15) is 23.3 Å². The molecule has 18 heavy (non-hydrogen) atoms. The molecule has 0 saturated carbocycles. The third-order valence-corrected chi connectivity index (χ3v) is 4.54. The zero-order valence-electron chi connectivity index (χ0n) is 9.28. The van der Waals surface area contributed by atoms with E-state index in [0.717, 1.165) is 12.1 Å². The SMILES string of the molecule is CCN1C(=O)c2cc([N+](=O)[O-])c(N)cc2S1(=O)=O. The third kappa shape index (κ3) is 1.44. The number of hydrogen-bond acceptors (Lipinski definition) is 6. The number of nitrogen functional groups attached to an aromatic ring is 1. The van der Waals surface area contributed by atoms with Crippen LogP contribution in [0.25, 0.3) is 0 Å². The summed E-state index contributed by atoms with van der Waals surface area (Å²) in [7, 11) is -3.93. The third-order valence-electron chi connectivity index (χ3n) is 2.64. The number of sulfonamides is 1. The van der Waals surface area contributed by atoms with Crippen LogP contribution in [-0.4, -0.2) is 30.1 Å². The van der Waals surface area contributed by atoms with Gasteiger partial charge in [-0.25, -0.2) is 12.7 Å². The second-order valence-electron chi connectivity index (χ2n) is 3.64. The van der Waals surface area contributed by atoms with E-state index in [0.29, 0.717) is 4.31 Å². The average Bonchev–Trinajstić information content (AvgIpc) is 2.45. The van der Waals surface area contributed by atoms with Crippen molar-refractivity contribution in [1.82, 2.24) is 4.31 Å². The molecular formula is C9H9N3O5S. The van der Waals surface area contributed by atoms with Crippen molar-refractivity contribution in [2.45, 2.75) is 11.8 Å². The Kier molecular flexibility index (Phi) is 2.51. The Balaban J connectivity index is 2.77. The zero-order chi connectivity index (χ0) is 13.7. The highest BCUT2D eigenvalue weighted by Gasteiger charge is 2.41. The molecule has 1 aromatic carbocycles. The van der Waals surface area contributed by atoms with E-state index in [1.807, 2.05) is 0 Å². The van der Waals surface area contributed by atoms with E-state index in [-0.39, 0.29) is 22.7 Å². The standard InChI is InChI=1S/C9H9N3O5S/c1-2-11-9(13)5-3-7(12(14)15)6(10)4-8(5)18(11,16)17/h3-4H,2,10H2,1H3. The van der Waals surface area contributed by atoms with Gasteiger partial charge in [0.2, 0.25) is 0 Å². The number of nitro benzene ring substituents is 1. The van der Waals surface area contributed by atoms with Gasteiger partial charge >= 0.3 is 0 Å². The van der Waals surface area contributed by atoms with Gasteiger partial charge in [0.25, 0.3) is 21.6 Å². The fraction of sp³-hybridized carbons (Fsp3) is 0.222. The first-order valence-electron chi connectivity index (χ1n) is 4.95. The fourth-order valence-corrected chi connectivity index (χ4v) is 3.39. The maximum Gasteiger partial charge on any atom is 0.292 e. The van der Waals surface area contributed by atoms with Crippen LogP contribution in [0.2, 0.25) is 0 Å². The highest BCUT2D eigenvalue weighted by Crippen LogP contribution is 2.35. The van der Waals surface area contributed by atoms with Gasteiger partial charge in [-0.1, -0.05) is 0 Å². The van der Waals surface area contributed by atoms with E-state index < -0.39 is 26.5 Å². The molecule has 0 bridgehead atoms. The van der Waals surface area contributed by atoms with Gasteiger partial charge in [-0.3, -0.25) is 14.9 Å². The summed E-state index contributed by atoms with van der Waals surface area (Å²) in [5.41, 5.74) is 4.44. The van der Waals surface area contributed by atoms with Crippen molar-refractivity contribution in [3.05, 3.63) is 27.8 Å². The van der Waals surface area contributed by atoms with Crippen molar-refractivity contribution < 1.29 is 18.1 Å². The van der Waals surface area contributed by atoms with Crippen molar-refractivity contribution in [2.75, 3.05) is 12.3 Å². The number of carbonyl (C=O) groups excluding carboxylic acids is 1. The Labute approximate surface area is 102 Å². The number of rotatable bonds is 2. The predicted molar refractivity (Wildman–Crippen MR) is 61.4 cm³/mol. The average molecular weight is 271 g/mol. The van der Waals surface area contributed by atoms with Crippen LogP contribution < -0.4 is 5.73 Å². The normalized spacial score (nSPS) is 16.7. The molecule has 0 aliphatic carbocycles. The number of nitrogens with two attached hydrogens (primary N) is 1. The lowest BCUT2D eigenvalue weighted by Gasteiger charge is -2.10. The summed E-state index contributed by atoms with van der Waals surface area (Å²) in [6.07, 6.45) is 0. The number of nitro groups is 1. The van der Waals surface area contributed by atoms with Crippen molar-refractivity contribution in [2.24, 2.45) is 0 Å². The minimum absolute atomic E-state index is 0.0381. The van der Waals surface area contributed by atoms with Crippen molar-refractivity contribution in [3.8, 4) is 0 Å². The van der Waals surface area contributed by atoms with Crippen LogP contribution in [0.15, 0.2) is 17.0 Å². The molecule has 0 unspecified atom stereocenters. The van der Waals surface area contributed by atoms with Crippen molar-refractivity contribution in [1.29, 1.82) is 0 Å². The zero-order valence-corrected chi connectivity index (χ0v) is 10.1. The second-order valence-corrected chi connectivity index (χ2v) is 5.47. The first kappa shape index (κ1) is 12.3. The molecule has 1 heterocycles. The Bertz CT molecular complexity index is 667. The molecule has 0 saturated heterocycles. The summed E-state index contributed by atoms with van der Waals surface area (Å²) in [6.45, 7) is 1.46. The highest BCUT2D eigenvalue weighted by molar-refractivity contribution is 7.90. The molecule has 0 fully saturated rings. The van der Waals surface area contributed by atoms with Gasteiger partial charge in [-0.2, -0.15) is 0 Å². The lowest BCUT2D eigenvalue weighted by Crippen LogP contribution is -2.29. The van der Waals surface area contributed by atoms with Crippen molar-refractivity contribution >= 4 is 27.3 Å². The first-order valence-corrected chi connectivity index (χ1v) is 6.39. The topological polar surface area (TPSA) is 124 Å². The van der Waals surface area contributed by atoms with Crippen molar-refractivity contribution in [3.63, 3.8) is 0 Å². The summed E-state index contributed by atoms with van der Waals surface area (Å²) >= 11 is 0. The number of nitrogens with zero attached hydrogens (tertiary/aromatic N) is 2. The van der Waals surface area contributed by atoms with E-state index in [1.54, 1.807) is 0 Å². The Morgan fingerprint density at radius 1 is 1.44 bits per heavy atom. The molecular weight excluding hydrogens is 262 g/mol. The summed E-state index contributed by atoms with van der Waals surface area (Å²) in [6, 6.07) is 1.86. The Morgan fingerprint density at radius 2 is 2.06 bits per heavy atom. The number of amides is 1. The predicted octanol–water partition coefficient (Wildman–Crippen LogP) is 0.341. The van der Waals surface area contributed by atoms with Gasteiger partial charge in [-0.15, -0.1) is 0 Å². The van der Waals surface area contributed by atoms with Gasteiger partial charge < -0.3 is 5.73 Å². The number of fused-ring (bicyclic) bond motifs is 1. The summed E-state index contributed by atoms with van der Waals surface area (Å²) < 4.78 is 24.5. The molecule has 0 atom stereocenters. The molecule has 2 rings (SSSR count). The molecule has 1 amide bonds. The molecule has 96 valence electrons. The monoisotopic (exact) mass is 271 g/mol. The minimum Gasteiger partial charge on any atom is -0.393 e. The van der Waals surface area contributed by atoms with Crippen LogP contribution in [0.3, 0.4) is 0 Å². The molecule has 1 aliphatic rings. The van der Waals surface area contributed by atoms with Crippen LogP contribution in [0.5, 0.6) is 0 Å². The quantitative estimate of drug-likeness (QED) is 0.470. The lowest BCUT2D eigenvalue weighted by atomic mass is 10.1. The van der Waals surface area contributed by atoms with E-state index in [4.69, 9.17) is 5.73 Å². The largest absolute Gasteiger partial charge is 0.393 e. The molecule has 1 aromatic rings. The van der Waals surface area contributed by atoms with Gasteiger partial charge in [0, 0.05) is 12.6 Å². The van der Waals surface area contributed by atoms with E-state index in [1.165, 1.54) is 6.92 Å². The van der Waals surface area contributed by atoms with Gasteiger partial charge in [-0.05, 0) is 13.0 Å². The first-order chi connectivity index (χ1) is 8.30. The molecule has 9 heteroatoms. The Hall–Kier alpha value is -2.16. The fourth-order valence-electron chi connectivity index (χ4n) is 1.80. The van der Waals surface area contributed by atoms with Crippen LogP contribution >= 0.6 is 0 Å². The molecule has 2 N–H and O–H groups in total. The number of anilines is 1. The molecule has 0 spiro atoms. The number of carbonyl (C=O) groups is 1. The lowest BCUT2D eigenvalue weighted by molar-refractivity contribution is -0.384. The van der Waals surface area contributed by atoms with Crippen LogP contribution in [0.1, 0.15) is 17.3 Å². The van der Waals surface area contributed by atoms with E-state index in [2.05, 4.69) is 0 Å². The number of benzene rings is 1. The van der Waals surface area contributed by atoms with Gasteiger partial charge in [0.05, 0.1) is 10.5 Å². The summed E-state index contributed by atoms with van der Waals surface area (Å²) in [5.74, 6) is -0.768. The smallest absolute Gasteiger partial charge is 0.292 e. The Morgan fingerprint density at radius 3 is 2.56 bits per heavy atom. The molecule has 0 radical (unpaired) electrons. The van der Waals surface area contributed by atoms with Crippen LogP contribution in [0.4, 0.5) is 11.4 Å². The molecule has 8 nitrogen and oxygen atoms in total. The van der Waals surface area contributed by atoms with E-state index >= 15 is 0 Å². The molecule has 1 aliphatic heterocycles. The number of hydrogen-bond donors (Lipinski definition) is 1. The van der Waals surface area contributed by atoms with Gasteiger partial charge in [0.15, 0.2) is 0 Å². The maximum atomic E-state index is 11.9. The minimum atomic E-state index is -3.93. The van der Waals surface area contributed by atoms with Crippen LogP contribution in [0, 0.1) is 10.1 Å². The van der Waals surface area contributed by atoms with Gasteiger partial charge in [0.1, 0.15) is 10.6 Å². The summed E-state index contributed by atoms with van der Waals surface area (Å²) in [4.78, 5) is 21.5. The molecule has 0 aromatic heterocycles. The van der Waals surface area contributed by atoms with Crippen LogP contribution in [-0.2, 0) is 10.0 Å². The second kappa shape index (κ2) is 3.67.